The van der Waals surface area contributed by atoms with Crippen LogP contribution in [-0.4, -0.2) is 6.04 Å². The Morgan fingerprint density at radius 1 is 1.05 bits per heavy atom. The van der Waals surface area contributed by atoms with E-state index >= 15 is 0 Å². The van der Waals surface area contributed by atoms with E-state index in [1.165, 1.54) is 0 Å². The molecule has 2 rings (SSSR count). The Labute approximate surface area is 133 Å². The Bertz CT molecular complexity index is 614. The van der Waals surface area contributed by atoms with E-state index < -0.39 is 0 Å². The van der Waals surface area contributed by atoms with Crippen molar-refractivity contribution < 1.29 is 4.74 Å². The van der Waals surface area contributed by atoms with Crippen LogP contribution in [0.1, 0.15) is 12.5 Å². The molecule has 1 atom stereocenters. The van der Waals surface area contributed by atoms with Gasteiger partial charge in [0.1, 0.15) is 11.5 Å². The van der Waals surface area contributed by atoms with E-state index in [1.54, 1.807) is 24.3 Å². The summed E-state index contributed by atoms with van der Waals surface area (Å²) in [6.07, 6.45) is 0.678. The second-order valence-corrected chi connectivity index (χ2v) is 5.86. The molecule has 0 fully saturated rings. The van der Waals surface area contributed by atoms with E-state index in [9.17, 15) is 0 Å². The minimum Gasteiger partial charge on any atom is -0.457 e. The molecule has 0 spiro atoms. The summed E-state index contributed by atoms with van der Waals surface area (Å²) in [7, 11) is 0. The minimum absolute atomic E-state index is 0.0182. The predicted octanol–water partition coefficient (Wildman–Crippen LogP) is 5.33. The Balaban J connectivity index is 2.30. The van der Waals surface area contributed by atoms with Gasteiger partial charge in [0, 0.05) is 17.1 Å². The standard InChI is InChI=1S/C15H14Cl3NO/c1-9(19)6-10-7-11(16)2-5-15(10)20-12-3-4-13(17)14(18)8-12/h2-5,7-9H,6,19H2,1H3. The molecule has 2 aromatic rings. The zero-order chi connectivity index (χ0) is 14.7. The van der Waals surface area contributed by atoms with Gasteiger partial charge in [-0.1, -0.05) is 34.8 Å². The quantitative estimate of drug-likeness (QED) is 0.822. The minimum atomic E-state index is 0.0182. The maximum Gasteiger partial charge on any atom is 0.130 e. The highest BCUT2D eigenvalue weighted by Crippen LogP contribution is 2.32. The molecule has 0 heterocycles. The first kappa shape index (κ1) is 15.5. The molecule has 5 heteroatoms. The molecule has 2 nitrogen and oxygen atoms in total. The van der Waals surface area contributed by atoms with Crippen LogP contribution in [0.4, 0.5) is 0 Å². The van der Waals surface area contributed by atoms with Crippen molar-refractivity contribution in [1.29, 1.82) is 0 Å². The van der Waals surface area contributed by atoms with Crippen LogP contribution in [0.5, 0.6) is 11.5 Å². The SMILES string of the molecule is CC(N)Cc1cc(Cl)ccc1Oc1ccc(Cl)c(Cl)c1. The largest absolute Gasteiger partial charge is 0.457 e. The zero-order valence-corrected chi connectivity index (χ0v) is 13.1. The third kappa shape index (κ3) is 4.03. The molecule has 2 N–H and O–H groups in total. The highest BCUT2D eigenvalue weighted by Gasteiger charge is 2.09. The normalized spacial score (nSPS) is 12.2. The summed E-state index contributed by atoms with van der Waals surface area (Å²) in [5, 5.41) is 1.60. The molecule has 0 saturated heterocycles. The van der Waals surface area contributed by atoms with Gasteiger partial charge in [-0.05, 0) is 49.2 Å². The van der Waals surface area contributed by atoms with Gasteiger partial charge in [0.25, 0.3) is 0 Å². The van der Waals surface area contributed by atoms with E-state index in [1.807, 2.05) is 19.1 Å². The first-order chi connectivity index (χ1) is 9.45. The summed E-state index contributed by atoms with van der Waals surface area (Å²) in [6.45, 7) is 1.93. The summed E-state index contributed by atoms with van der Waals surface area (Å²) < 4.78 is 5.84. The molecule has 0 saturated carbocycles. The first-order valence-corrected chi connectivity index (χ1v) is 7.26. The monoisotopic (exact) mass is 329 g/mol. The van der Waals surface area contributed by atoms with Gasteiger partial charge in [0.15, 0.2) is 0 Å². The molecule has 0 aliphatic rings. The molecule has 0 aliphatic heterocycles. The van der Waals surface area contributed by atoms with E-state index in [0.29, 0.717) is 33.0 Å². The maximum atomic E-state index is 6.01. The third-order valence-electron chi connectivity index (χ3n) is 2.68. The van der Waals surface area contributed by atoms with Crippen molar-refractivity contribution in [3.63, 3.8) is 0 Å². The van der Waals surface area contributed by atoms with Crippen LogP contribution in [0, 0.1) is 0 Å². The van der Waals surface area contributed by atoms with Gasteiger partial charge in [0.05, 0.1) is 10.0 Å². The summed E-state index contributed by atoms with van der Waals surface area (Å²) in [6, 6.07) is 10.6. The van der Waals surface area contributed by atoms with Crippen molar-refractivity contribution in [3.8, 4) is 11.5 Å². The Morgan fingerprint density at radius 3 is 2.45 bits per heavy atom. The van der Waals surface area contributed by atoms with Gasteiger partial charge < -0.3 is 10.5 Å². The van der Waals surface area contributed by atoms with Crippen molar-refractivity contribution in [2.75, 3.05) is 0 Å². The number of benzene rings is 2. The highest BCUT2D eigenvalue weighted by atomic mass is 35.5. The number of hydrogen-bond donors (Lipinski definition) is 1. The van der Waals surface area contributed by atoms with Gasteiger partial charge in [-0.25, -0.2) is 0 Å². The molecule has 1 unspecified atom stereocenters. The predicted molar refractivity (Wildman–Crippen MR) is 85.3 cm³/mol. The summed E-state index contributed by atoms with van der Waals surface area (Å²) in [5.74, 6) is 1.33. The number of ether oxygens (including phenoxy) is 1. The third-order valence-corrected chi connectivity index (χ3v) is 3.66. The average Bonchev–Trinajstić information content (AvgIpc) is 2.36. The lowest BCUT2D eigenvalue weighted by Gasteiger charge is -2.13. The molecular weight excluding hydrogens is 317 g/mol. The van der Waals surface area contributed by atoms with Crippen molar-refractivity contribution >= 4 is 34.8 Å². The van der Waals surface area contributed by atoms with Crippen LogP contribution >= 0.6 is 34.8 Å². The molecule has 0 aliphatic carbocycles. The van der Waals surface area contributed by atoms with Crippen LogP contribution in [0.25, 0.3) is 0 Å². The Hall–Kier alpha value is -0.930. The van der Waals surface area contributed by atoms with E-state index in [-0.39, 0.29) is 6.04 Å². The van der Waals surface area contributed by atoms with Crippen LogP contribution in [0.2, 0.25) is 15.1 Å². The van der Waals surface area contributed by atoms with Gasteiger partial charge >= 0.3 is 0 Å². The second kappa shape index (κ2) is 6.68. The lowest BCUT2D eigenvalue weighted by molar-refractivity contribution is 0.474. The average molecular weight is 331 g/mol. The first-order valence-electron chi connectivity index (χ1n) is 6.12. The number of hydrogen-bond acceptors (Lipinski definition) is 2. The molecule has 0 bridgehead atoms. The van der Waals surface area contributed by atoms with Crippen LogP contribution in [-0.2, 0) is 6.42 Å². The van der Waals surface area contributed by atoms with Crippen molar-refractivity contribution in [2.24, 2.45) is 5.73 Å². The molecule has 0 aromatic heterocycles. The molecule has 0 amide bonds. The number of halogens is 3. The Kier molecular flexibility index (Phi) is 5.17. The van der Waals surface area contributed by atoms with Gasteiger partial charge in [-0.3, -0.25) is 0 Å². The van der Waals surface area contributed by atoms with E-state index in [4.69, 9.17) is 45.3 Å². The van der Waals surface area contributed by atoms with Crippen molar-refractivity contribution in [2.45, 2.75) is 19.4 Å². The molecule has 106 valence electrons. The Morgan fingerprint density at radius 2 is 1.80 bits per heavy atom. The molecule has 20 heavy (non-hydrogen) atoms. The fourth-order valence-electron chi connectivity index (χ4n) is 1.82. The van der Waals surface area contributed by atoms with E-state index in [0.717, 1.165) is 5.56 Å². The lowest BCUT2D eigenvalue weighted by Crippen LogP contribution is -2.18. The van der Waals surface area contributed by atoms with Gasteiger partial charge in [-0.15, -0.1) is 0 Å². The number of rotatable bonds is 4. The van der Waals surface area contributed by atoms with Gasteiger partial charge in [-0.2, -0.15) is 0 Å². The molecule has 2 aromatic carbocycles. The number of nitrogens with two attached hydrogens (primary N) is 1. The lowest BCUT2D eigenvalue weighted by atomic mass is 10.1. The topological polar surface area (TPSA) is 35.2 Å². The summed E-state index contributed by atoms with van der Waals surface area (Å²) in [4.78, 5) is 0. The second-order valence-electron chi connectivity index (χ2n) is 4.61. The smallest absolute Gasteiger partial charge is 0.130 e. The van der Waals surface area contributed by atoms with Crippen LogP contribution in [0.3, 0.4) is 0 Å². The zero-order valence-electron chi connectivity index (χ0n) is 10.9. The fourth-order valence-corrected chi connectivity index (χ4v) is 2.30. The molecule has 0 radical (unpaired) electrons. The van der Waals surface area contributed by atoms with Gasteiger partial charge in [0.2, 0.25) is 0 Å². The highest BCUT2D eigenvalue weighted by molar-refractivity contribution is 6.42. The van der Waals surface area contributed by atoms with E-state index in [2.05, 4.69) is 0 Å². The van der Waals surface area contributed by atoms with Crippen molar-refractivity contribution in [3.05, 3.63) is 57.0 Å². The molecular formula is C15H14Cl3NO. The summed E-state index contributed by atoms with van der Waals surface area (Å²) >= 11 is 17.9. The van der Waals surface area contributed by atoms with Crippen molar-refractivity contribution in [1.82, 2.24) is 0 Å². The van der Waals surface area contributed by atoms with Crippen LogP contribution < -0.4 is 10.5 Å². The maximum absolute atomic E-state index is 6.01. The fraction of sp³-hybridized carbons (Fsp3) is 0.200. The van der Waals surface area contributed by atoms with Crippen LogP contribution in [0.15, 0.2) is 36.4 Å². The summed E-state index contributed by atoms with van der Waals surface area (Å²) in [5.41, 5.74) is 6.80.